The second kappa shape index (κ2) is 5.90. The van der Waals surface area contributed by atoms with Crippen LogP contribution >= 0.6 is 0 Å². The molecule has 0 spiro atoms. The fourth-order valence-corrected chi connectivity index (χ4v) is 2.60. The van der Waals surface area contributed by atoms with Gasteiger partial charge in [-0.05, 0) is 40.5 Å². The first-order valence-corrected chi connectivity index (χ1v) is 7.03. The number of carbonyl (C=O) groups is 1. The third kappa shape index (κ3) is 3.18. The number of aryl methyl sites for hydroxylation is 1. The summed E-state index contributed by atoms with van der Waals surface area (Å²) in [6.45, 7) is 1.77. The molecule has 1 aliphatic rings. The molecule has 0 aliphatic carbocycles. The van der Waals surface area contributed by atoms with Crippen LogP contribution in [0, 0.1) is 0 Å². The van der Waals surface area contributed by atoms with E-state index >= 15 is 0 Å². The number of aromatic nitrogens is 4. The molecular formula is C14H18N6O. The number of hydrogen-bond donors (Lipinski definition) is 1. The van der Waals surface area contributed by atoms with Gasteiger partial charge in [-0.3, -0.25) is 4.79 Å². The second-order valence-corrected chi connectivity index (χ2v) is 5.27. The molecule has 0 unspecified atom stereocenters. The molecule has 1 N–H and O–H groups in total. The van der Waals surface area contributed by atoms with E-state index in [0.717, 1.165) is 18.5 Å². The smallest absolute Gasteiger partial charge is 0.242 e. The number of rotatable bonds is 4. The molecule has 0 atom stereocenters. The maximum atomic E-state index is 11.8. The minimum atomic E-state index is -0.0999. The first-order chi connectivity index (χ1) is 10.2. The zero-order valence-electron chi connectivity index (χ0n) is 12.0. The lowest BCUT2D eigenvalue weighted by atomic mass is 9.99. The Kier molecular flexibility index (Phi) is 3.81. The third-order valence-corrected chi connectivity index (χ3v) is 3.68. The van der Waals surface area contributed by atoms with Crippen molar-refractivity contribution in [1.29, 1.82) is 0 Å². The second-order valence-electron chi connectivity index (χ2n) is 5.27. The van der Waals surface area contributed by atoms with Gasteiger partial charge in [-0.15, -0.1) is 5.10 Å². The van der Waals surface area contributed by atoms with Crippen LogP contribution in [0.25, 0.3) is 0 Å². The Morgan fingerprint density at radius 2 is 2.33 bits per heavy atom. The fraction of sp³-hybridized carbons (Fsp3) is 0.429. The fourth-order valence-electron chi connectivity index (χ4n) is 2.60. The van der Waals surface area contributed by atoms with Crippen molar-refractivity contribution < 1.29 is 4.79 Å². The summed E-state index contributed by atoms with van der Waals surface area (Å²) in [5.41, 5.74) is 3.77. The monoisotopic (exact) mass is 286 g/mol. The first-order valence-electron chi connectivity index (χ1n) is 7.03. The van der Waals surface area contributed by atoms with E-state index < -0.39 is 0 Å². The van der Waals surface area contributed by atoms with Crippen LogP contribution in [0.1, 0.15) is 17.5 Å². The van der Waals surface area contributed by atoms with Gasteiger partial charge in [0, 0.05) is 25.8 Å². The Hall–Kier alpha value is -2.44. The molecule has 3 rings (SSSR count). The highest BCUT2D eigenvalue weighted by molar-refractivity contribution is 5.75. The van der Waals surface area contributed by atoms with E-state index in [1.165, 1.54) is 28.7 Å². The lowest BCUT2D eigenvalue weighted by Crippen LogP contribution is -2.28. The van der Waals surface area contributed by atoms with Crippen molar-refractivity contribution in [2.75, 3.05) is 18.5 Å². The maximum absolute atomic E-state index is 11.8. The molecule has 2 aromatic rings. The van der Waals surface area contributed by atoms with E-state index in [2.05, 4.69) is 51.0 Å². The molecular weight excluding hydrogens is 268 g/mol. The van der Waals surface area contributed by atoms with Crippen molar-refractivity contribution in [3.8, 4) is 0 Å². The van der Waals surface area contributed by atoms with E-state index in [9.17, 15) is 4.79 Å². The summed E-state index contributed by atoms with van der Waals surface area (Å²) in [6, 6.07) is 6.39. The van der Waals surface area contributed by atoms with E-state index in [-0.39, 0.29) is 12.5 Å². The molecule has 1 aromatic heterocycles. The van der Waals surface area contributed by atoms with Gasteiger partial charge >= 0.3 is 0 Å². The van der Waals surface area contributed by atoms with Crippen LogP contribution in [0.3, 0.4) is 0 Å². The van der Waals surface area contributed by atoms with Gasteiger partial charge in [0.15, 0.2) is 0 Å². The van der Waals surface area contributed by atoms with Gasteiger partial charge in [-0.2, -0.15) is 0 Å². The van der Waals surface area contributed by atoms with E-state index in [1.54, 1.807) is 0 Å². The first kappa shape index (κ1) is 13.5. The number of carbonyl (C=O) groups excluding carboxylic acids is 1. The van der Waals surface area contributed by atoms with Crippen LogP contribution in [0.2, 0.25) is 0 Å². The summed E-state index contributed by atoms with van der Waals surface area (Å²) in [4.78, 5) is 14.1. The van der Waals surface area contributed by atoms with Crippen molar-refractivity contribution >= 4 is 11.6 Å². The van der Waals surface area contributed by atoms with Gasteiger partial charge in [0.05, 0.1) is 0 Å². The number of hydrogen-bond acceptors (Lipinski definition) is 5. The molecule has 0 radical (unpaired) electrons. The predicted molar refractivity (Wildman–Crippen MR) is 77.7 cm³/mol. The van der Waals surface area contributed by atoms with E-state index in [0.29, 0.717) is 6.54 Å². The number of anilines is 1. The van der Waals surface area contributed by atoms with Crippen molar-refractivity contribution in [2.24, 2.45) is 0 Å². The standard InChI is InChI=1S/C14H18N6O/c1-19-6-2-3-12-7-11(4-5-13(12)19)8-15-14(21)9-20-10-16-17-18-20/h4-5,7,10H,2-3,6,8-9H2,1H3,(H,15,21). The van der Waals surface area contributed by atoms with Gasteiger partial charge in [0.1, 0.15) is 12.9 Å². The molecule has 110 valence electrons. The van der Waals surface area contributed by atoms with Gasteiger partial charge in [-0.1, -0.05) is 12.1 Å². The number of nitrogens with zero attached hydrogens (tertiary/aromatic N) is 5. The van der Waals surface area contributed by atoms with Crippen LogP contribution in [0.5, 0.6) is 0 Å². The zero-order valence-corrected chi connectivity index (χ0v) is 12.0. The number of tetrazole rings is 1. The Bertz CT molecular complexity index is 624. The van der Waals surface area contributed by atoms with E-state index in [1.807, 2.05) is 0 Å². The topological polar surface area (TPSA) is 75.9 Å². The highest BCUT2D eigenvalue weighted by atomic mass is 16.2. The number of fused-ring (bicyclic) bond motifs is 1. The number of benzene rings is 1. The number of amides is 1. The average Bonchev–Trinajstić information content (AvgIpc) is 2.98. The van der Waals surface area contributed by atoms with Crippen molar-refractivity contribution in [1.82, 2.24) is 25.5 Å². The molecule has 0 fully saturated rings. The van der Waals surface area contributed by atoms with Gasteiger partial charge < -0.3 is 10.2 Å². The minimum Gasteiger partial charge on any atom is -0.374 e. The summed E-state index contributed by atoms with van der Waals surface area (Å²) >= 11 is 0. The molecule has 7 heteroatoms. The molecule has 1 aromatic carbocycles. The summed E-state index contributed by atoms with van der Waals surface area (Å²) < 4.78 is 1.40. The number of nitrogens with one attached hydrogen (secondary N) is 1. The molecule has 0 bridgehead atoms. The molecule has 0 saturated heterocycles. The van der Waals surface area contributed by atoms with E-state index in [4.69, 9.17) is 0 Å². The lowest BCUT2D eigenvalue weighted by Gasteiger charge is -2.27. The van der Waals surface area contributed by atoms with Crippen LogP contribution < -0.4 is 10.2 Å². The average molecular weight is 286 g/mol. The minimum absolute atomic E-state index is 0.0999. The maximum Gasteiger partial charge on any atom is 0.242 e. The summed E-state index contributed by atoms with van der Waals surface area (Å²) in [5, 5.41) is 13.5. The largest absolute Gasteiger partial charge is 0.374 e. The molecule has 2 heterocycles. The quantitative estimate of drug-likeness (QED) is 0.879. The third-order valence-electron chi connectivity index (χ3n) is 3.68. The predicted octanol–water partition coefficient (Wildman–Crippen LogP) is 0.372. The Labute approximate surface area is 122 Å². The Balaban J connectivity index is 1.59. The molecule has 21 heavy (non-hydrogen) atoms. The van der Waals surface area contributed by atoms with Crippen molar-refractivity contribution in [3.05, 3.63) is 35.7 Å². The summed E-state index contributed by atoms with van der Waals surface area (Å²) in [7, 11) is 2.12. The zero-order chi connectivity index (χ0) is 14.7. The molecule has 1 amide bonds. The lowest BCUT2D eigenvalue weighted by molar-refractivity contribution is -0.122. The van der Waals surface area contributed by atoms with Gasteiger partial charge in [-0.25, -0.2) is 4.68 Å². The molecule has 1 aliphatic heterocycles. The Morgan fingerprint density at radius 1 is 1.43 bits per heavy atom. The van der Waals surface area contributed by atoms with Crippen LogP contribution in [0.15, 0.2) is 24.5 Å². The van der Waals surface area contributed by atoms with Crippen molar-refractivity contribution in [2.45, 2.75) is 25.9 Å². The van der Waals surface area contributed by atoms with Crippen molar-refractivity contribution in [3.63, 3.8) is 0 Å². The summed E-state index contributed by atoms with van der Waals surface area (Å²) in [6.07, 6.45) is 3.71. The normalized spacial score (nSPS) is 13.9. The Morgan fingerprint density at radius 3 is 3.14 bits per heavy atom. The van der Waals surface area contributed by atoms with Crippen LogP contribution in [0.4, 0.5) is 5.69 Å². The molecule has 0 saturated carbocycles. The van der Waals surface area contributed by atoms with Gasteiger partial charge in [0.2, 0.25) is 5.91 Å². The molecule has 7 nitrogen and oxygen atoms in total. The highest BCUT2D eigenvalue weighted by Gasteiger charge is 2.13. The van der Waals surface area contributed by atoms with Crippen LogP contribution in [-0.4, -0.2) is 39.7 Å². The van der Waals surface area contributed by atoms with Crippen LogP contribution in [-0.2, 0) is 24.3 Å². The highest BCUT2D eigenvalue weighted by Crippen LogP contribution is 2.26. The van der Waals surface area contributed by atoms with Gasteiger partial charge in [0.25, 0.3) is 0 Å². The SMILES string of the molecule is CN1CCCc2cc(CNC(=O)Cn3cnnn3)ccc21. The summed E-state index contributed by atoms with van der Waals surface area (Å²) in [5.74, 6) is -0.0999.